The van der Waals surface area contributed by atoms with Gasteiger partial charge in [0, 0.05) is 49.4 Å². The molecule has 5 rings (SSSR count). The summed E-state index contributed by atoms with van der Waals surface area (Å²) in [4.78, 5) is 31.7. The van der Waals surface area contributed by atoms with E-state index < -0.39 is 0 Å². The lowest BCUT2D eigenvalue weighted by molar-refractivity contribution is 0.171. The maximum absolute atomic E-state index is 12.6. The summed E-state index contributed by atoms with van der Waals surface area (Å²) in [6, 6.07) is 9.29. The molecule has 9 heteroatoms. The van der Waals surface area contributed by atoms with Crippen LogP contribution in [0.2, 0.25) is 5.02 Å². The van der Waals surface area contributed by atoms with E-state index in [2.05, 4.69) is 15.2 Å². The second-order valence-corrected chi connectivity index (χ2v) is 9.04. The summed E-state index contributed by atoms with van der Waals surface area (Å²) in [5, 5.41) is 5.25. The van der Waals surface area contributed by atoms with E-state index in [4.69, 9.17) is 11.6 Å². The minimum atomic E-state index is -0.0386. The number of rotatable bonds is 5. The van der Waals surface area contributed by atoms with Gasteiger partial charge < -0.3 is 10.2 Å². The Morgan fingerprint density at radius 3 is 2.56 bits per heavy atom. The molecule has 1 atom stereocenters. The zero-order valence-electron chi connectivity index (χ0n) is 18.0. The summed E-state index contributed by atoms with van der Waals surface area (Å²) in [6.45, 7) is 6.02. The van der Waals surface area contributed by atoms with Crippen molar-refractivity contribution in [2.75, 3.05) is 19.6 Å². The van der Waals surface area contributed by atoms with Crippen molar-refractivity contribution in [3.63, 3.8) is 0 Å². The van der Waals surface area contributed by atoms with Crippen molar-refractivity contribution in [2.24, 2.45) is 0 Å². The van der Waals surface area contributed by atoms with Gasteiger partial charge in [0.05, 0.1) is 16.8 Å². The lowest BCUT2D eigenvalue weighted by atomic mass is 10.0. The van der Waals surface area contributed by atoms with E-state index in [1.54, 1.807) is 35.0 Å². The van der Waals surface area contributed by atoms with Gasteiger partial charge in [0.2, 0.25) is 0 Å². The second-order valence-electron chi connectivity index (χ2n) is 8.64. The average molecular weight is 476 g/mol. The SMILES string of the molecule is Cc1cc(CNC2CCN(C[C@@H]3Cn4c(=O)ccc5ccc(=O)n3c54)CC2)ncc1Cl.Cl. The van der Waals surface area contributed by atoms with Crippen LogP contribution in [0.4, 0.5) is 0 Å². The summed E-state index contributed by atoms with van der Waals surface area (Å²) in [5.41, 5.74) is 2.74. The highest BCUT2D eigenvalue weighted by Gasteiger charge is 2.29. The molecule has 2 aliphatic rings. The van der Waals surface area contributed by atoms with E-state index in [9.17, 15) is 9.59 Å². The molecule has 0 saturated carbocycles. The highest BCUT2D eigenvalue weighted by molar-refractivity contribution is 6.31. The van der Waals surface area contributed by atoms with Gasteiger partial charge in [-0.2, -0.15) is 0 Å². The molecule has 7 nitrogen and oxygen atoms in total. The topological polar surface area (TPSA) is 72.2 Å². The summed E-state index contributed by atoms with van der Waals surface area (Å²) < 4.78 is 3.56. The van der Waals surface area contributed by atoms with Gasteiger partial charge in [-0.25, -0.2) is 0 Å². The van der Waals surface area contributed by atoms with Crippen LogP contribution in [-0.2, 0) is 13.1 Å². The highest BCUT2D eigenvalue weighted by atomic mass is 35.5. The van der Waals surface area contributed by atoms with Gasteiger partial charge in [-0.3, -0.25) is 23.7 Å². The number of aryl methyl sites for hydroxylation is 1. The zero-order valence-corrected chi connectivity index (χ0v) is 19.5. The molecule has 0 unspecified atom stereocenters. The van der Waals surface area contributed by atoms with E-state index in [-0.39, 0.29) is 29.6 Å². The van der Waals surface area contributed by atoms with Gasteiger partial charge in [-0.05, 0) is 56.6 Å². The molecule has 1 saturated heterocycles. The van der Waals surface area contributed by atoms with Crippen molar-refractivity contribution in [3.8, 4) is 0 Å². The van der Waals surface area contributed by atoms with E-state index in [1.807, 2.05) is 17.6 Å². The number of pyridine rings is 3. The van der Waals surface area contributed by atoms with Crippen LogP contribution in [0.3, 0.4) is 0 Å². The van der Waals surface area contributed by atoms with Crippen LogP contribution in [0, 0.1) is 6.92 Å². The molecule has 170 valence electrons. The van der Waals surface area contributed by atoms with Crippen LogP contribution >= 0.6 is 24.0 Å². The first-order chi connectivity index (χ1) is 15.0. The number of hydrogen-bond donors (Lipinski definition) is 1. The quantitative estimate of drug-likeness (QED) is 0.613. The maximum Gasteiger partial charge on any atom is 0.252 e. The molecule has 0 aliphatic carbocycles. The number of piperidine rings is 1. The van der Waals surface area contributed by atoms with Crippen LogP contribution in [0.15, 0.2) is 46.1 Å². The molecule has 0 radical (unpaired) electrons. The number of halogens is 2. The van der Waals surface area contributed by atoms with Crippen LogP contribution in [0.5, 0.6) is 0 Å². The van der Waals surface area contributed by atoms with E-state index in [1.165, 1.54) is 0 Å². The molecule has 3 aromatic rings. The standard InChI is InChI=1S/C23H26ClN5O2.ClH/c1-15-10-18(26-12-20(15)24)11-25-17-6-8-27(9-7-17)13-19-14-28-21(30)4-2-16-3-5-22(31)29(19)23(16)28;/h2-5,10,12,17,19,25H,6-9,11,13-14H2,1H3;1H/t19-;/m1./s1. The van der Waals surface area contributed by atoms with Crippen molar-refractivity contribution in [3.05, 3.63) is 73.5 Å². The predicted octanol–water partition coefficient (Wildman–Crippen LogP) is 2.75. The fraction of sp³-hybridized carbons (Fsp3) is 0.435. The first-order valence-corrected chi connectivity index (χ1v) is 11.2. The smallest absolute Gasteiger partial charge is 0.252 e. The highest BCUT2D eigenvalue weighted by Crippen LogP contribution is 2.25. The maximum atomic E-state index is 12.6. The third-order valence-corrected chi connectivity index (χ3v) is 6.94. The number of aromatic nitrogens is 3. The van der Waals surface area contributed by atoms with Crippen molar-refractivity contribution in [2.45, 2.75) is 44.9 Å². The number of nitrogens with zero attached hydrogens (tertiary/aromatic N) is 4. The monoisotopic (exact) mass is 475 g/mol. The predicted molar refractivity (Wildman–Crippen MR) is 129 cm³/mol. The first kappa shape index (κ1) is 23.0. The fourth-order valence-electron chi connectivity index (χ4n) is 4.85. The normalized spacial score (nSPS) is 18.8. The molecular formula is C23H27Cl2N5O2. The molecule has 1 fully saturated rings. The molecule has 3 aromatic heterocycles. The molecule has 0 amide bonds. The Morgan fingerprint density at radius 2 is 1.84 bits per heavy atom. The minimum Gasteiger partial charge on any atom is -0.308 e. The zero-order chi connectivity index (χ0) is 21.5. The third kappa shape index (κ3) is 4.35. The number of nitrogens with one attached hydrogen (secondary N) is 1. The molecular weight excluding hydrogens is 449 g/mol. The molecule has 32 heavy (non-hydrogen) atoms. The lowest BCUT2D eigenvalue weighted by Gasteiger charge is -2.34. The third-order valence-electron chi connectivity index (χ3n) is 6.55. The van der Waals surface area contributed by atoms with Crippen LogP contribution < -0.4 is 16.4 Å². The minimum absolute atomic E-state index is 0. The van der Waals surface area contributed by atoms with Gasteiger partial charge in [0.1, 0.15) is 5.65 Å². The van der Waals surface area contributed by atoms with Gasteiger partial charge in [-0.15, -0.1) is 12.4 Å². The summed E-state index contributed by atoms with van der Waals surface area (Å²) in [7, 11) is 0. The van der Waals surface area contributed by atoms with E-state index in [0.717, 1.165) is 61.3 Å². The molecule has 0 aromatic carbocycles. The van der Waals surface area contributed by atoms with Crippen LogP contribution in [0.25, 0.3) is 11.0 Å². The molecule has 5 heterocycles. The molecule has 2 aliphatic heterocycles. The second kappa shape index (κ2) is 9.35. The molecule has 0 spiro atoms. The summed E-state index contributed by atoms with van der Waals surface area (Å²) in [5.74, 6) is 0. The Labute approximate surface area is 197 Å². The summed E-state index contributed by atoms with van der Waals surface area (Å²) in [6.07, 6.45) is 3.81. The lowest BCUT2D eigenvalue weighted by Crippen LogP contribution is -2.44. The Balaban J connectivity index is 0.00000245. The first-order valence-electron chi connectivity index (χ1n) is 10.8. The fourth-order valence-corrected chi connectivity index (χ4v) is 4.96. The Bertz CT molecular complexity index is 1240. The number of likely N-dealkylation sites (tertiary alicyclic amines) is 1. The number of hydrogen-bond acceptors (Lipinski definition) is 5. The van der Waals surface area contributed by atoms with Crippen molar-refractivity contribution >= 4 is 35.0 Å². The molecule has 1 N–H and O–H groups in total. The Kier molecular flexibility index (Phi) is 6.72. The van der Waals surface area contributed by atoms with E-state index in [0.29, 0.717) is 17.6 Å². The van der Waals surface area contributed by atoms with Crippen LogP contribution in [0.1, 0.15) is 30.1 Å². The Morgan fingerprint density at radius 1 is 1.12 bits per heavy atom. The average Bonchev–Trinajstić information content (AvgIpc) is 3.15. The van der Waals surface area contributed by atoms with E-state index >= 15 is 0 Å². The van der Waals surface area contributed by atoms with Gasteiger partial charge in [-0.1, -0.05) is 11.6 Å². The van der Waals surface area contributed by atoms with Crippen LogP contribution in [-0.4, -0.2) is 44.7 Å². The molecule has 0 bridgehead atoms. The van der Waals surface area contributed by atoms with Crippen molar-refractivity contribution < 1.29 is 0 Å². The largest absolute Gasteiger partial charge is 0.308 e. The van der Waals surface area contributed by atoms with Gasteiger partial charge in [0.25, 0.3) is 11.1 Å². The van der Waals surface area contributed by atoms with Crippen molar-refractivity contribution in [1.29, 1.82) is 0 Å². The van der Waals surface area contributed by atoms with Crippen molar-refractivity contribution in [1.82, 2.24) is 24.3 Å². The van der Waals surface area contributed by atoms with Gasteiger partial charge >= 0.3 is 0 Å². The van der Waals surface area contributed by atoms with Gasteiger partial charge in [0.15, 0.2) is 0 Å². The Hall–Kier alpha value is -2.19. The summed E-state index contributed by atoms with van der Waals surface area (Å²) >= 11 is 6.06.